The molecule has 0 bridgehead atoms. The summed E-state index contributed by atoms with van der Waals surface area (Å²) in [5.41, 5.74) is 0.121. The van der Waals surface area contributed by atoms with Gasteiger partial charge in [0.15, 0.2) is 5.78 Å². The van der Waals surface area contributed by atoms with Crippen molar-refractivity contribution in [2.75, 3.05) is 6.54 Å². The lowest BCUT2D eigenvalue weighted by Gasteiger charge is -2.14. The lowest BCUT2D eigenvalue weighted by Crippen LogP contribution is -2.35. The number of fused-ring (bicyclic) bond motifs is 1. The van der Waals surface area contributed by atoms with Gasteiger partial charge in [0.25, 0.3) is 15.9 Å². The Kier molecular flexibility index (Phi) is 3.91. The summed E-state index contributed by atoms with van der Waals surface area (Å²) in [6, 6.07) is 10.1. The molecule has 2 aromatic rings. The first kappa shape index (κ1) is 16.0. The molecule has 1 aliphatic rings. The van der Waals surface area contributed by atoms with Gasteiger partial charge >= 0.3 is 0 Å². The molecule has 23 heavy (non-hydrogen) atoms. The third-order valence-electron chi connectivity index (χ3n) is 3.43. The smallest absolute Gasteiger partial charge is 0.269 e. The number of hydrogen-bond donors (Lipinski definition) is 0. The first-order valence-electron chi connectivity index (χ1n) is 6.47. The molecule has 0 unspecified atom stereocenters. The van der Waals surface area contributed by atoms with Crippen LogP contribution in [0.15, 0.2) is 47.4 Å². The van der Waals surface area contributed by atoms with E-state index in [1.54, 1.807) is 6.07 Å². The van der Waals surface area contributed by atoms with Crippen LogP contribution >= 0.6 is 23.2 Å². The van der Waals surface area contributed by atoms with Crippen molar-refractivity contribution in [2.24, 2.45) is 0 Å². The van der Waals surface area contributed by atoms with Gasteiger partial charge in [-0.25, -0.2) is 12.7 Å². The van der Waals surface area contributed by atoms with Crippen LogP contribution in [0.1, 0.15) is 20.7 Å². The highest BCUT2D eigenvalue weighted by atomic mass is 35.5. The molecule has 0 aliphatic carbocycles. The summed E-state index contributed by atoms with van der Waals surface area (Å²) in [7, 11) is -4.03. The van der Waals surface area contributed by atoms with E-state index in [9.17, 15) is 18.0 Å². The van der Waals surface area contributed by atoms with Gasteiger partial charge in [-0.05, 0) is 30.3 Å². The zero-order chi connectivity index (χ0) is 16.8. The van der Waals surface area contributed by atoms with E-state index in [-0.39, 0.29) is 26.1 Å². The highest BCUT2D eigenvalue weighted by Gasteiger charge is 2.41. The number of nitrogens with zero attached hydrogens (tertiary/aromatic N) is 1. The minimum absolute atomic E-state index is 0.0532. The highest BCUT2D eigenvalue weighted by molar-refractivity contribution is 7.90. The maximum atomic E-state index is 12.4. The fraction of sp³-hybridized carbons (Fsp3) is 0.0667. The standard InChI is InChI=1S/C15H9Cl2NO4S/c16-9-5-6-12(17)11(7-9)13(19)8-18-15(20)10-3-1-2-4-14(10)23(18,21)22/h1-7H,8H2. The predicted octanol–water partition coefficient (Wildman–Crippen LogP) is 3.02. The third kappa shape index (κ3) is 2.63. The fourth-order valence-electron chi connectivity index (χ4n) is 2.31. The van der Waals surface area contributed by atoms with E-state index in [1.165, 1.54) is 36.4 Å². The molecule has 0 aromatic heterocycles. The Bertz CT molecular complexity index is 940. The minimum Gasteiger partial charge on any atom is -0.292 e. The first-order chi connectivity index (χ1) is 10.8. The molecule has 3 rings (SSSR count). The number of benzene rings is 2. The minimum atomic E-state index is -4.03. The van der Waals surface area contributed by atoms with Crippen molar-refractivity contribution < 1.29 is 18.0 Å². The van der Waals surface area contributed by atoms with Crippen molar-refractivity contribution >= 4 is 44.9 Å². The second-order valence-electron chi connectivity index (χ2n) is 4.86. The van der Waals surface area contributed by atoms with E-state index in [2.05, 4.69) is 0 Å². The Morgan fingerprint density at radius 3 is 2.48 bits per heavy atom. The van der Waals surface area contributed by atoms with Gasteiger partial charge in [0, 0.05) is 10.6 Å². The van der Waals surface area contributed by atoms with Gasteiger partial charge in [-0.1, -0.05) is 35.3 Å². The molecule has 8 heteroatoms. The maximum Gasteiger partial charge on any atom is 0.269 e. The lowest BCUT2D eigenvalue weighted by molar-refractivity contribution is 0.0820. The fourth-order valence-corrected chi connectivity index (χ4v) is 4.23. The normalized spacial score (nSPS) is 15.6. The van der Waals surface area contributed by atoms with Crippen LogP contribution in [0.3, 0.4) is 0 Å². The molecule has 0 saturated heterocycles. The van der Waals surface area contributed by atoms with Crippen LogP contribution in [-0.4, -0.2) is 31.0 Å². The molecule has 0 fully saturated rings. The maximum absolute atomic E-state index is 12.4. The Balaban J connectivity index is 1.97. The Morgan fingerprint density at radius 2 is 1.78 bits per heavy atom. The van der Waals surface area contributed by atoms with Crippen molar-refractivity contribution in [3.05, 3.63) is 63.6 Å². The summed E-state index contributed by atoms with van der Waals surface area (Å²) in [6.07, 6.45) is 0. The molecule has 0 radical (unpaired) electrons. The monoisotopic (exact) mass is 369 g/mol. The van der Waals surface area contributed by atoms with Crippen LogP contribution in [0.5, 0.6) is 0 Å². The van der Waals surface area contributed by atoms with Crippen molar-refractivity contribution in [1.29, 1.82) is 0 Å². The first-order valence-corrected chi connectivity index (χ1v) is 8.66. The summed E-state index contributed by atoms with van der Waals surface area (Å²) < 4.78 is 25.4. The van der Waals surface area contributed by atoms with E-state index in [0.29, 0.717) is 4.31 Å². The predicted molar refractivity (Wildman–Crippen MR) is 85.5 cm³/mol. The molecule has 0 N–H and O–H groups in total. The van der Waals surface area contributed by atoms with Crippen molar-refractivity contribution in [3.8, 4) is 0 Å². The second kappa shape index (κ2) is 5.63. The third-order valence-corrected chi connectivity index (χ3v) is 5.78. The summed E-state index contributed by atoms with van der Waals surface area (Å²) in [5, 5.41) is 0.428. The molecular weight excluding hydrogens is 361 g/mol. The number of Topliss-reactive ketones (excluding diaryl/α,β-unsaturated/α-hetero) is 1. The summed E-state index contributed by atoms with van der Waals surface area (Å²) in [6.45, 7) is -0.629. The van der Waals surface area contributed by atoms with Gasteiger partial charge in [0.1, 0.15) is 11.4 Å². The van der Waals surface area contributed by atoms with Crippen LogP contribution in [0.25, 0.3) is 0 Å². The number of hydrogen-bond acceptors (Lipinski definition) is 4. The molecule has 2 aromatic carbocycles. The van der Waals surface area contributed by atoms with Gasteiger partial charge < -0.3 is 0 Å². The van der Waals surface area contributed by atoms with Gasteiger partial charge in [0.2, 0.25) is 0 Å². The van der Waals surface area contributed by atoms with Crippen LogP contribution in [-0.2, 0) is 10.0 Å². The van der Waals surface area contributed by atoms with Gasteiger partial charge in [-0.3, -0.25) is 9.59 Å². The summed E-state index contributed by atoms with van der Waals surface area (Å²) in [5.74, 6) is -1.34. The van der Waals surface area contributed by atoms with E-state index in [4.69, 9.17) is 23.2 Å². The SMILES string of the molecule is O=C(CN1C(=O)c2ccccc2S1(=O)=O)c1cc(Cl)ccc1Cl. The molecule has 118 valence electrons. The van der Waals surface area contributed by atoms with E-state index < -0.39 is 28.3 Å². The summed E-state index contributed by atoms with van der Waals surface area (Å²) in [4.78, 5) is 24.5. The molecule has 1 amide bonds. The second-order valence-corrected chi connectivity index (χ2v) is 7.53. The van der Waals surface area contributed by atoms with Gasteiger partial charge in [-0.2, -0.15) is 0 Å². The Hall–Kier alpha value is -1.89. The highest BCUT2D eigenvalue weighted by Crippen LogP contribution is 2.30. The zero-order valence-electron chi connectivity index (χ0n) is 11.5. The molecule has 0 saturated carbocycles. The Morgan fingerprint density at radius 1 is 1.09 bits per heavy atom. The number of carbonyl (C=O) groups is 2. The van der Waals surface area contributed by atoms with Gasteiger partial charge in [-0.15, -0.1) is 0 Å². The van der Waals surface area contributed by atoms with Crippen LogP contribution in [0.2, 0.25) is 10.0 Å². The molecule has 0 atom stereocenters. The summed E-state index contributed by atoms with van der Waals surface area (Å²) >= 11 is 11.8. The topological polar surface area (TPSA) is 71.5 Å². The molecule has 1 aliphatic heterocycles. The molecule has 0 spiro atoms. The van der Waals surface area contributed by atoms with Crippen LogP contribution in [0, 0.1) is 0 Å². The number of carbonyl (C=O) groups excluding carboxylic acids is 2. The number of halogens is 2. The average molecular weight is 370 g/mol. The average Bonchev–Trinajstić information content (AvgIpc) is 2.71. The van der Waals surface area contributed by atoms with Crippen molar-refractivity contribution in [2.45, 2.75) is 4.90 Å². The van der Waals surface area contributed by atoms with E-state index in [1.807, 2.05) is 0 Å². The Labute approximate surface area is 142 Å². The zero-order valence-corrected chi connectivity index (χ0v) is 13.8. The van der Waals surface area contributed by atoms with E-state index >= 15 is 0 Å². The number of ketones is 1. The largest absolute Gasteiger partial charge is 0.292 e. The quantitative estimate of drug-likeness (QED) is 0.779. The molecule has 1 heterocycles. The van der Waals surface area contributed by atoms with Crippen LogP contribution in [0.4, 0.5) is 0 Å². The van der Waals surface area contributed by atoms with E-state index in [0.717, 1.165) is 0 Å². The number of sulfonamides is 1. The van der Waals surface area contributed by atoms with Crippen LogP contribution < -0.4 is 0 Å². The molecule has 5 nitrogen and oxygen atoms in total. The lowest BCUT2D eigenvalue weighted by atomic mass is 10.1. The number of amides is 1. The van der Waals surface area contributed by atoms with Crippen molar-refractivity contribution in [1.82, 2.24) is 4.31 Å². The number of rotatable bonds is 3. The molecular formula is C15H9Cl2NO4S. The van der Waals surface area contributed by atoms with Gasteiger partial charge in [0.05, 0.1) is 10.6 Å². The van der Waals surface area contributed by atoms with Crippen molar-refractivity contribution in [3.63, 3.8) is 0 Å².